The van der Waals surface area contributed by atoms with Crippen molar-refractivity contribution in [3.63, 3.8) is 0 Å². The van der Waals surface area contributed by atoms with Gasteiger partial charge in [-0.15, -0.1) is 0 Å². The standard InChI is InChI=1S/C17H24N2O3/c1-4-22-15-7-5-14(6-8-15)19-11-13(10-17(19)21)18-16(20)9-12(2)3/h5-8,12-13H,4,9-11H2,1-3H3,(H,18,20)/t13-/m0/s1. The zero-order valence-electron chi connectivity index (χ0n) is 13.5. The van der Waals surface area contributed by atoms with Gasteiger partial charge in [-0.1, -0.05) is 13.8 Å². The molecule has 0 unspecified atom stereocenters. The summed E-state index contributed by atoms with van der Waals surface area (Å²) in [5.41, 5.74) is 0.842. The van der Waals surface area contributed by atoms with Gasteiger partial charge in [-0.25, -0.2) is 0 Å². The number of nitrogens with one attached hydrogen (secondary N) is 1. The minimum absolute atomic E-state index is 0.0151. The van der Waals surface area contributed by atoms with Crippen LogP contribution >= 0.6 is 0 Å². The summed E-state index contributed by atoms with van der Waals surface area (Å²) in [6.45, 7) is 7.09. The summed E-state index contributed by atoms with van der Waals surface area (Å²) < 4.78 is 5.40. The SMILES string of the molecule is CCOc1ccc(N2C[C@@H](NC(=O)CC(C)C)CC2=O)cc1. The molecule has 1 N–H and O–H groups in total. The monoisotopic (exact) mass is 304 g/mol. The van der Waals surface area contributed by atoms with Gasteiger partial charge in [0.15, 0.2) is 0 Å². The van der Waals surface area contributed by atoms with Crippen LogP contribution in [0.2, 0.25) is 0 Å². The van der Waals surface area contributed by atoms with Gasteiger partial charge in [-0.3, -0.25) is 9.59 Å². The van der Waals surface area contributed by atoms with Crippen LogP contribution in [-0.4, -0.2) is 31.0 Å². The first-order valence-electron chi connectivity index (χ1n) is 7.82. The normalized spacial score (nSPS) is 17.9. The van der Waals surface area contributed by atoms with E-state index < -0.39 is 0 Å². The second-order valence-corrected chi connectivity index (χ2v) is 6.00. The Morgan fingerprint density at radius 1 is 1.36 bits per heavy atom. The van der Waals surface area contributed by atoms with E-state index in [1.807, 2.05) is 45.0 Å². The van der Waals surface area contributed by atoms with Crippen LogP contribution in [0.1, 0.15) is 33.6 Å². The van der Waals surface area contributed by atoms with Crippen molar-refractivity contribution in [3.05, 3.63) is 24.3 Å². The van der Waals surface area contributed by atoms with Crippen LogP contribution in [0.5, 0.6) is 5.75 Å². The summed E-state index contributed by atoms with van der Waals surface area (Å²) in [7, 11) is 0. The first kappa shape index (κ1) is 16.3. The summed E-state index contributed by atoms with van der Waals surface area (Å²) in [6, 6.07) is 7.36. The zero-order chi connectivity index (χ0) is 16.1. The Hall–Kier alpha value is -2.04. The lowest BCUT2D eigenvalue weighted by Gasteiger charge is -2.18. The molecule has 120 valence electrons. The van der Waals surface area contributed by atoms with Crippen molar-refractivity contribution in [1.29, 1.82) is 0 Å². The molecule has 0 aromatic heterocycles. The Bertz CT molecular complexity index is 525. The Balaban J connectivity index is 1.95. The Kier molecular flexibility index (Phi) is 5.41. The molecule has 0 spiro atoms. The lowest BCUT2D eigenvalue weighted by molar-refractivity contribution is -0.122. The average molecular weight is 304 g/mol. The first-order chi connectivity index (χ1) is 10.5. The van der Waals surface area contributed by atoms with Crippen molar-refractivity contribution < 1.29 is 14.3 Å². The first-order valence-corrected chi connectivity index (χ1v) is 7.82. The maximum atomic E-state index is 12.1. The van der Waals surface area contributed by atoms with Gasteiger partial charge in [0.2, 0.25) is 11.8 Å². The third-order valence-electron chi connectivity index (χ3n) is 3.54. The largest absolute Gasteiger partial charge is 0.494 e. The van der Waals surface area contributed by atoms with Crippen LogP contribution in [0.15, 0.2) is 24.3 Å². The van der Waals surface area contributed by atoms with Crippen molar-refractivity contribution in [1.82, 2.24) is 5.32 Å². The minimum atomic E-state index is -0.106. The van der Waals surface area contributed by atoms with Crippen molar-refractivity contribution >= 4 is 17.5 Å². The van der Waals surface area contributed by atoms with E-state index in [2.05, 4.69) is 5.32 Å². The maximum absolute atomic E-state index is 12.1. The number of carbonyl (C=O) groups is 2. The molecule has 0 saturated carbocycles. The van der Waals surface area contributed by atoms with Crippen LogP contribution in [0.4, 0.5) is 5.69 Å². The van der Waals surface area contributed by atoms with E-state index in [-0.39, 0.29) is 17.9 Å². The fourth-order valence-corrected chi connectivity index (χ4v) is 2.60. The van der Waals surface area contributed by atoms with Crippen LogP contribution in [0.3, 0.4) is 0 Å². The third-order valence-corrected chi connectivity index (χ3v) is 3.54. The lowest BCUT2D eigenvalue weighted by atomic mass is 10.1. The predicted octanol–water partition coefficient (Wildman–Crippen LogP) is 2.35. The maximum Gasteiger partial charge on any atom is 0.229 e. The van der Waals surface area contributed by atoms with Gasteiger partial charge in [-0.05, 0) is 37.1 Å². The van der Waals surface area contributed by atoms with Crippen molar-refractivity contribution in [2.45, 2.75) is 39.7 Å². The average Bonchev–Trinajstić information content (AvgIpc) is 2.79. The summed E-state index contributed by atoms with van der Waals surface area (Å²) in [4.78, 5) is 25.7. The summed E-state index contributed by atoms with van der Waals surface area (Å²) in [5.74, 6) is 1.17. The number of hydrogen-bond acceptors (Lipinski definition) is 3. The van der Waals surface area contributed by atoms with Crippen LogP contribution in [0.25, 0.3) is 0 Å². The molecule has 0 radical (unpaired) electrons. The molecule has 2 amide bonds. The zero-order valence-corrected chi connectivity index (χ0v) is 13.5. The molecule has 1 heterocycles. The topological polar surface area (TPSA) is 58.6 Å². The predicted molar refractivity (Wildman–Crippen MR) is 86.0 cm³/mol. The molecule has 1 saturated heterocycles. The number of carbonyl (C=O) groups excluding carboxylic acids is 2. The van der Waals surface area contributed by atoms with Gasteiger partial charge in [-0.2, -0.15) is 0 Å². The number of nitrogens with zero attached hydrogens (tertiary/aromatic N) is 1. The van der Waals surface area contributed by atoms with Gasteiger partial charge < -0.3 is 15.0 Å². The lowest BCUT2D eigenvalue weighted by Crippen LogP contribution is -2.37. The van der Waals surface area contributed by atoms with Gasteiger partial charge in [0, 0.05) is 25.1 Å². The molecule has 0 bridgehead atoms. The van der Waals surface area contributed by atoms with E-state index in [1.54, 1.807) is 4.90 Å². The number of anilines is 1. The fraction of sp³-hybridized carbons (Fsp3) is 0.529. The van der Waals surface area contributed by atoms with E-state index in [1.165, 1.54) is 0 Å². The Morgan fingerprint density at radius 3 is 2.64 bits per heavy atom. The molecule has 1 aromatic carbocycles. The van der Waals surface area contributed by atoms with Crippen LogP contribution in [-0.2, 0) is 9.59 Å². The van der Waals surface area contributed by atoms with E-state index in [4.69, 9.17) is 4.74 Å². The molecule has 5 heteroatoms. The van der Waals surface area contributed by atoms with Crippen molar-refractivity contribution in [2.75, 3.05) is 18.1 Å². The summed E-state index contributed by atoms with van der Waals surface area (Å²) in [6.07, 6.45) is 0.852. The third kappa shape index (κ3) is 4.23. The highest BCUT2D eigenvalue weighted by Crippen LogP contribution is 2.24. The van der Waals surface area contributed by atoms with E-state index in [0.29, 0.717) is 31.9 Å². The highest BCUT2D eigenvalue weighted by molar-refractivity contribution is 5.96. The van der Waals surface area contributed by atoms with Gasteiger partial charge in [0.05, 0.1) is 12.6 Å². The number of benzene rings is 1. The van der Waals surface area contributed by atoms with E-state index in [0.717, 1.165) is 11.4 Å². The Labute approximate surface area is 131 Å². The minimum Gasteiger partial charge on any atom is -0.494 e. The van der Waals surface area contributed by atoms with E-state index in [9.17, 15) is 9.59 Å². The highest BCUT2D eigenvalue weighted by Gasteiger charge is 2.31. The molecular formula is C17H24N2O3. The molecular weight excluding hydrogens is 280 g/mol. The number of hydrogen-bond donors (Lipinski definition) is 1. The smallest absolute Gasteiger partial charge is 0.229 e. The van der Waals surface area contributed by atoms with Gasteiger partial charge in [0.25, 0.3) is 0 Å². The molecule has 5 nitrogen and oxygen atoms in total. The molecule has 1 fully saturated rings. The molecule has 1 aromatic rings. The molecule has 2 rings (SSSR count). The molecule has 0 aliphatic carbocycles. The molecule has 1 aliphatic rings. The van der Waals surface area contributed by atoms with Crippen LogP contribution < -0.4 is 15.0 Å². The van der Waals surface area contributed by atoms with Crippen LogP contribution in [0, 0.1) is 5.92 Å². The van der Waals surface area contributed by atoms with E-state index >= 15 is 0 Å². The molecule has 22 heavy (non-hydrogen) atoms. The number of ether oxygens (including phenoxy) is 1. The summed E-state index contributed by atoms with van der Waals surface area (Å²) in [5, 5.41) is 2.95. The Morgan fingerprint density at radius 2 is 2.05 bits per heavy atom. The van der Waals surface area contributed by atoms with Gasteiger partial charge in [0.1, 0.15) is 5.75 Å². The quantitative estimate of drug-likeness (QED) is 0.877. The molecule has 1 atom stereocenters. The fourth-order valence-electron chi connectivity index (χ4n) is 2.60. The molecule has 1 aliphatic heterocycles. The second kappa shape index (κ2) is 7.29. The van der Waals surface area contributed by atoms with Crippen molar-refractivity contribution in [3.8, 4) is 5.75 Å². The number of rotatable bonds is 6. The summed E-state index contributed by atoms with van der Waals surface area (Å²) >= 11 is 0. The number of amides is 2. The highest BCUT2D eigenvalue weighted by atomic mass is 16.5. The van der Waals surface area contributed by atoms with Crippen molar-refractivity contribution in [2.24, 2.45) is 5.92 Å². The second-order valence-electron chi connectivity index (χ2n) is 6.00. The van der Waals surface area contributed by atoms with Gasteiger partial charge >= 0.3 is 0 Å².